The molecule has 11 N–H and O–H groups in total. The number of hydrazine groups is 6. The number of hydrogen-bond acceptors (Lipinski definition) is 10. The van der Waals surface area contributed by atoms with Crippen molar-refractivity contribution in [1.82, 2.24) is 25.4 Å². The summed E-state index contributed by atoms with van der Waals surface area (Å²) in [5.41, 5.74) is 7.42. The van der Waals surface area contributed by atoms with Crippen LogP contribution in [0.15, 0.2) is 36.7 Å². The molecule has 0 unspecified atom stereocenters. The van der Waals surface area contributed by atoms with E-state index in [1.165, 1.54) is 23.4 Å². The lowest BCUT2D eigenvalue weighted by Crippen LogP contribution is -2.44. The maximum atomic E-state index is 5.13. The predicted octanol–water partition coefficient (Wildman–Crippen LogP) is -1.17. The average Bonchev–Trinajstić information content (AvgIpc) is 3.02. The molecule has 112 valence electrons. The van der Waals surface area contributed by atoms with Crippen LogP contribution >= 0.6 is 0 Å². The van der Waals surface area contributed by atoms with Crippen LogP contribution in [0.5, 0.6) is 0 Å². The van der Waals surface area contributed by atoms with Gasteiger partial charge in [-0.3, -0.25) is 15.8 Å². The molecule has 3 aromatic heterocycles. The molecular weight excluding hydrogens is 274 g/mol. The first kappa shape index (κ1) is 14.9. The summed E-state index contributed by atoms with van der Waals surface area (Å²) in [5.74, 6) is 21.2. The highest BCUT2D eigenvalue weighted by molar-refractivity contribution is 5.64. The molecule has 3 heterocycles. The molecule has 2 bridgehead atoms. The predicted molar refractivity (Wildman–Crippen MR) is 79.2 cm³/mol. The summed E-state index contributed by atoms with van der Waals surface area (Å²) in [6, 6.07) is 8.26. The third-order valence-corrected chi connectivity index (χ3v) is 2.30. The molecule has 3 aromatic rings. The molecule has 0 amide bonds. The van der Waals surface area contributed by atoms with E-state index in [0.717, 1.165) is 10.5 Å². The second-order valence-electron chi connectivity index (χ2n) is 4.03. The fourth-order valence-corrected chi connectivity index (χ4v) is 1.54. The van der Waals surface area contributed by atoms with Crippen LogP contribution < -0.4 is 34.2 Å². The summed E-state index contributed by atoms with van der Waals surface area (Å²) in [7, 11) is 0. The minimum atomic E-state index is 0.349. The molecule has 0 saturated heterocycles. The molecule has 0 aliphatic heterocycles. The summed E-state index contributed by atoms with van der Waals surface area (Å²) in [5, 5.41) is 1.49. The van der Waals surface area contributed by atoms with Crippen LogP contribution in [0.4, 0.5) is 11.6 Å². The van der Waals surface area contributed by atoms with Crippen molar-refractivity contribution in [2.45, 2.75) is 0 Å². The molecule has 21 heavy (non-hydrogen) atoms. The molecule has 0 aromatic carbocycles. The zero-order valence-electron chi connectivity index (χ0n) is 11.1. The van der Waals surface area contributed by atoms with E-state index >= 15 is 0 Å². The van der Waals surface area contributed by atoms with E-state index in [1.54, 1.807) is 0 Å². The van der Waals surface area contributed by atoms with Crippen LogP contribution in [0.3, 0.4) is 0 Å². The third kappa shape index (κ3) is 4.81. The first-order chi connectivity index (χ1) is 10.0. The van der Waals surface area contributed by atoms with Gasteiger partial charge in [-0.05, 0) is 24.3 Å². The van der Waals surface area contributed by atoms with Gasteiger partial charge in [-0.15, -0.1) is 0 Å². The number of fused-ring (bicyclic) bond motifs is 2. The van der Waals surface area contributed by atoms with E-state index in [-0.39, 0.29) is 0 Å². The van der Waals surface area contributed by atoms with Gasteiger partial charge in [0.2, 0.25) is 0 Å². The normalized spacial score (nSPS) is 10.8. The fourth-order valence-electron chi connectivity index (χ4n) is 1.54. The van der Waals surface area contributed by atoms with Crippen LogP contribution in [0.2, 0.25) is 0 Å². The van der Waals surface area contributed by atoms with Gasteiger partial charge in [-0.1, -0.05) is 10.5 Å². The van der Waals surface area contributed by atoms with Crippen molar-refractivity contribution in [2.24, 2.45) is 23.4 Å². The molecule has 0 spiro atoms. The van der Waals surface area contributed by atoms with E-state index in [1.807, 2.05) is 0 Å². The second-order valence-corrected chi connectivity index (χ2v) is 4.03. The van der Waals surface area contributed by atoms with Gasteiger partial charge in [0.05, 0.1) is 12.4 Å². The van der Waals surface area contributed by atoms with Crippen molar-refractivity contribution in [3.05, 3.63) is 36.7 Å². The molecule has 0 atom stereocenters. The average molecular weight is 291 g/mol. The smallest absolute Gasteiger partial charge is 0.163 e. The zero-order chi connectivity index (χ0) is 15.2. The van der Waals surface area contributed by atoms with E-state index < -0.39 is 0 Å². The van der Waals surface area contributed by atoms with Gasteiger partial charge >= 0.3 is 0 Å². The van der Waals surface area contributed by atoms with Gasteiger partial charge in [0.15, 0.2) is 11.6 Å². The first-order valence-electron chi connectivity index (χ1n) is 5.84. The lowest BCUT2D eigenvalue weighted by atomic mass is 10.4. The van der Waals surface area contributed by atoms with Crippen LogP contribution in [-0.2, 0) is 0 Å². The highest BCUT2D eigenvalue weighted by atomic mass is 15.8. The quantitative estimate of drug-likeness (QED) is 0.229. The Kier molecular flexibility index (Phi) is 4.78. The highest BCUT2D eigenvalue weighted by Crippen LogP contribution is 2.08. The molecule has 0 aliphatic carbocycles. The van der Waals surface area contributed by atoms with Gasteiger partial charge in [0.1, 0.15) is 0 Å². The number of rotatable bonds is 4. The number of nitrogens with two attached hydrogens (primary N) is 4. The topological polar surface area (TPSA) is 176 Å². The fraction of sp³-hybridized carbons (Fsp3) is 0. The Morgan fingerprint density at radius 1 is 0.810 bits per heavy atom. The highest BCUT2D eigenvalue weighted by Gasteiger charge is 1.99. The largest absolute Gasteiger partial charge is 0.356 e. The van der Waals surface area contributed by atoms with E-state index in [4.69, 9.17) is 23.4 Å². The number of nitrogens with zero attached hydrogens (tertiary/aromatic N) is 4. The van der Waals surface area contributed by atoms with Crippen molar-refractivity contribution >= 4 is 22.7 Å². The third-order valence-electron chi connectivity index (χ3n) is 2.30. The maximum Gasteiger partial charge on any atom is 0.163 e. The van der Waals surface area contributed by atoms with Crippen LogP contribution in [0, 0.1) is 0 Å². The lowest BCUT2D eigenvalue weighted by Gasteiger charge is -2.14. The Morgan fingerprint density at radius 3 is 1.52 bits per heavy atom. The van der Waals surface area contributed by atoms with Gasteiger partial charge in [0, 0.05) is 11.0 Å². The number of hydrogen-bond donors (Lipinski definition) is 7. The Bertz CT molecular complexity index is 578. The second kappa shape index (κ2) is 6.76. The van der Waals surface area contributed by atoms with Crippen LogP contribution in [0.1, 0.15) is 0 Å². The number of benzene rings is 1. The number of nitrogens with one attached hydrogen (secondary N) is 3. The molecule has 11 heteroatoms. The molecule has 0 fully saturated rings. The SMILES string of the molecule is NN(N)Nc1cncc(NN(N)N)n1.c1cc2ccc1[nH]2. The number of aromatic amines is 1. The van der Waals surface area contributed by atoms with E-state index in [2.05, 4.69) is 50.1 Å². The van der Waals surface area contributed by atoms with Crippen LogP contribution in [-0.4, -0.2) is 25.4 Å². The van der Waals surface area contributed by atoms with E-state index in [0.29, 0.717) is 11.6 Å². The van der Waals surface area contributed by atoms with Crippen molar-refractivity contribution in [2.75, 3.05) is 10.9 Å². The Morgan fingerprint density at radius 2 is 1.24 bits per heavy atom. The van der Waals surface area contributed by atoms with Crippen molar-refractivity contribution in [3.63, 3.8) is 0 Å². The van der Waals surface area contributed by atoms with Gasteiger partial charge in [-0.25, -0.2) is 28.4 Å². The zero-order valence-corrected chi connectivity index (χ0v) is 11.1. The van der Waals surface area contributed by atoms with Crippen LogP contribution in [0.25, 0.3) is 11.0 Å². The van der Waals surface area contributed by atoms with Gasteiger partial charge in [0.25, 0.3) is 0 Å². The van der Waals surface area contributed by atoms with Crippen molar-refractivity contribution in [3.8, 4) is 0 Å². The number of anilines is 2. The molecule has 0 radical (unpaired) electrons. The van der Waals surface area contributed by atoms with Gasteiger partial charge < -0.3 is 4.98 Å². The number of H-pyrrole nitrogens is 1. The summed E-state index contributed by atoms with van der Waals surface area (Å²) in [6.45, 7) is 0. The molecule has 11 nitrogen and oxygen atoms in total. The minimum absolute atomic E-state index is 0.349. The number of aromatic nitrogens is 3. The monoisotopic (exact) mass is 291 g/mol. The van der Waals surface area contributed by atoms with E-state index in [9.17, 15) is 0 Å². The molecule has 0 saturated carbocycles. The minimum Gasteiger partial charge on any atom is -0.356 e. The Hall–Kier alpha value is -2.54. The Balaban J connectivity index is 0.000000189. The summed E-state index contributed by atoms with van der Waals surface area (Å²) in [4.78, 5) is 10.9. The summed E-state index contributed by atoms with van der Waals surface area (Å²) >= 11 is 0. The first-order valence-corrected chi connectivity index (χ1v) is 5.84. The maximum absolute atomic E-state index is 5.13. The van der Waals surface area contributed by atoms with Crippen molar-refractivity contribution < 1.29 is 0 Å². The van der Waals surface area contributed by atoms with Crippen molar-refractivity contribution in [1.29, 1.82) is 0 Å². The molecule has 0 aliphatic rings. The Labute approximate surface area is 120 Å². The summed E-state index contributed by atoms with van der Waals surface area (Å²) < 4.78 is 0. The molecular formula is C10H17N11. The molecule has 3 rings (SSSR count). The lowest BCUT2D eigenvalue weighted by molar-refractivity contribution is 0.353. The van der Waals surface area contributed by atoms with Gasteiger partial charge in [-0.2, -0.15) is 0 Å². The summed E-state index contributed by atoms with van der Waals surface area (Å²) in [6.07, 6.45) is 2.85. The standard InChI is InChI=1S/C6H5N.C4H12N10/c1-2-6-4-3-5(1)7-6;5-13(6)11-3-1-9-2-4(10-3)12-14(7)8/h1-4,7H;1-2H,5-8H2,(H2,10,11,12).